The Morgan fingerprint density at radius 1 is 1.09 bits per heavy atom. The fourth-order valence-corrected chi connectivity index (χ4v) is 3.39. The molecule has 116 valence electrons. The maximum absolute atomic E-state index is 9.52. The molecule has 0 radical (unpaired) electrons. The van der Waals surface area contributed by atoms with Crippen LogP contribution in [0.25, 0.3) is 0 Å². The summed E-state index contributed by atoms with van der Waals surface area (Å²) in [5.41, 5.74) is 2.21. The maximum Gasteiger partial charge on any atom is 0.494 e. The molecule has 22 heavy (non-hydrogen) atoms. The van der Waals surface area contributed by atoms with Crippen molar-refractivity contribution >= 4 is 12.6 Å². The van der Waals surface area contributed by atoms with E-state index >= 15 is 0 Å². The molecule has 1 aliphatic carbocycles. The first kappa shape index (κ1) is 15.6. The fraction of sp³-hybridized carbons (Fsp3) is 0.611. The summed E-state index contributed by atoms with van der Waals surface area (Å²) in [5.74, 6) is 0.544. The lowest BCUT2D eigenvalue weighted by atomic mass is 9.76. The molecule has 1 aliphatic heterocycles. The van der Waals surface area contributed by atoms with Gasteiger partial charge >= 0.3 is 7.12 Å². The molecule has 1 heterocycles. The van der Waals surface area contributed by atoms with Gasteiger partial charge in [-0.15, -0.1) is 0 Å². The molecule has 0 unspecified atom stereocenters. The van der Waals surface area contributed by atoms with E-state index in [1.165, 1.54) is 31.2 Å². The zero-order valence-corrected chi connectivity index (χ0v) is 14.0. The Morgan fingerprint density at radius 3 is 2.23 bits per heavy atom. The molecular formula is C18H24BNO2. The van der Waals surface area contributed by atoms with Crippen molar-refractivity contribution < 1.29 is 9.31 Å². The van der Waals surface area contributed by atoms with E-state index in [0.717, 1.165) is 11.0 Å². The highest BCUT2D eigenvalue weighted by Gasteiger charge is 2.51. The fourth-order valence-electron chi connectivity index (χ4n) is 3.39. The number of rotatable bonds is 2. The van der Waals surface area contributed by atoms with Crippen LogP contribution >= 0.6 is 0 Å². The van der Waals surface area contributed by atoms with Crippen molar-refractivity contribution in [3.8, 4) is 6.07 Å². The lowest BCUT2D eigenvalue weighted by Crippen LogP contribution is -2.41. The minimum absolute atomic E-state index is 0.353. The van der Waals surface area contributed by atoms with Gasteiger partial charge in [0.05, 0.1) is 22.8 Å². The molecule has 4 heteroatoms. The summed E-state index contributed by atoms with van der Waals surface area (Å²) in [6.45, 7) is 8.19. The molecule has 2 aliphatic rings. The summed E-state index contributed by atoms with van der Waals surface area (Å²) in [6.07, 6.45) is 4.94. The second-order valence-corrected chi connectivity index (χ2v) is 7.53. The standard InChI is InChI=1S/C18H24BNO2/c1-17(2)18(3,4)22-19(21-17)15-9-10-16(14(11-15)12-20)13-7-5-6-8-13/h9-11,13H,5-8H2,1-4H3. The first-order valence-electron chi connectivity index (χ1n) is 8.24. The van der Waals surface area contributed by atoms with Gasteiger partial charge in [0.25, 0.3) is 0 Å². The van der Waals surface area contributed by atoms with E-state index in [0.29, 0.717) is 5.92 Å². The van der Waals surface area contributed by atoms with Crippen LogP contribution in [0.5, 0.6) is 0 Å². The van der Waals surface area contributed by atoms with Crippen molar-refractivity contribution in [2.45, 2.75) is 70.5 Å². The van der Waals surface area contributed by atoms with Crippen LogP contribution in [0.4, 0.5) is 0 Å². The molecule has 3 nitrogen and oxygen atoms in total. The van der Waals surface area contributed by atoms with Crippen LogP contribution in [0.3, 0.4) is 0 Å². The third kappa shape index (κ3) is 2.57. The van der Waals surface area contributed by atoms with Crippen LogP contribution < -0.4 is 5.46 Å². The zero-order valence-electron chi connectivity index (χ0n) is 14.0. The number of benzene rings is 1. The minimum atomic E-state index is -0.394. The number of nitrogens with zero attached hydrogens (tertiary/aromatic N) is 1. The summed E-state index contributed by atoms with van der Waals surface area (Å²) in [4.78, 5) is 0. The molecule has 0 bridgehead atoms. The van der Waals surface area contributed by atoms with E-state index in [1.54, 1.807) is 0 Å². The molecule has 0 aromatic heterocycles. The highest BCUT2D eigenvalue weighted by atomic mass is 16.7. The van der Waals surface area contributed by atoms with Gasteiger partial charge in [0.15, 0.2) is 0 Å². The lowest BCUT2D eigenvalue weighted by molar-refractivity contribution is 0.00578. The Kier molecular flexibility index (Phi) is 3.83. The first-order valence-corrected chi connectivity index (χ1v) is 8.24. The van der Waals surface area contributed by atoms with Gasteiger partial charge in [0.2, 0.25) is 0 Å². The van der Waals surface area contributed by atoms with Crippen molar-refractivity contribution in [1.29, 1.82) is 5.26 Å². The largest absolute Gasteiger partial charge is 0.494 e. The van der Waals surface area contributed by atoms with Crippen LogP contribution in [0.1, 0.15) is 70.4 Å². The van der Waals surface area contributed by atoms with Gasteiger partial charge in [-0.3, -0.25) is 0 Å². The Hall–Kier alpha value is -1.31. The lowest BCUT2D eigenvalue weighted by Gasteiger charge is -2.32. The van der Waals surface area contributed by atoms with E-state index in [1.807, 2.05) is 33.8 Å². The monoisotopic (exact) mass is 297 g/mol. The second-order valence-electron chi connectivity index (χ2n) is 7.53. The van der Waals surface area contributed by atoms with Crippen molar-refractivity contribution in [3.05, 3.63) is 29.3 Å². The zero-order chi connectivity index (χ0) is 16.0. The topological polar surface area (TPSA) is 42.2 Å². The average Bonchev–Trinajstić information content (AvgIpc) is 3.05. The molecule has 1 saturated heterocycles. The van der Waals surface area contributed by atoms with Crippen LogP contribution in [0.2, 0.25) is 0 Å². The van der Waals surface area contributed by atoms with Gasteiger partial charge in [-0.05, 0) is 63.5 Å². The predicted octanol–water partition coefficient (Wildman–Crippen LogP) is 3.52. The van der Waals surface area contributed by atoms with Gasteiger partial charge in [0, 0.05) is 0 Å². The number of nitriles is 1. The Bertz CT molecular complexity index is 596. The van der Waals surface area contributed by atoms with Crippen LogP contribution in [0.15, 0.2) is 18.2 Å². The summed E-state index contributed by atoms with van der Waals surface area (Å²) >= 11 is 0. The molecule has 0 spiro atoms. The van der Waals surface area contributed by atoms with Crippen molar-refractivity contribution in [3.63, 3.8) is 0 Å². The highest BCUT2D eigenvalue weighted by molar-refractivity contribution is 6.62. The maximum atomic E-state index is 9.52. The minimum Gasteiger partial charge on any atom is -0.399 e. The van der Waals surface area contributed by atoms with Crippen LogP contribution in [0, 0.1) is 11.3 Å². The molecule has 1 aromatic rings. The molecule has 2 fully saturated rings. The quantitative estimate of drug-likeness (QED) is 0.784. The van der Waals surface area contributed by atoms with E-state index in [-0.39, 0.29) is 11.2 Å². The highest BCUT2D eigenvalue weighted by Crippen LogP contribution is 2.38. The van der Waals surface area contributed by atoms with Gasteiger partial charge in [-0.1, -0.05) is 25.0 Å². The summed E-state index contributed by atoms with van der Waals surface area (Å²) < 4.78 is 12.2. The summed E-state index contributed by atoms with van der Waals surface area (Å²) in [7, 11) is -0.394. The van der Waals surface area contributed by atoms with E-state index in [2.05, 4.69) is 18.2 Å². The predicted molar refractivity (Wildman–Crippen MR) is 88.1 cm³/mol. The Labute approximate surface area is 133 Å². The molecule has 0 N–H and O–H groups in total. The average molecular weight is 297 g/mol. The molecule has 1 saturated carbocycles. The van der Waals surface area contributed by atoms with Gasteiger partial charge in [0.1, 0.15) is 0 Å². The summed E-state index contributed by atoms with van der Waals surface area (Å²) in [6, 6.07) is 8.49. The van der Waals surface area contributed by atoms with E-state index in [9.17, 15) is 5.26 Å². The summed E-state index contributed by atoms with van der Waals surface area (Å²) in [5, 5.41) is 9.52. The van der Waals surface area contributed by atoms with Crippen molar-refractivity contribution in [1.82, 2.24) is 0 Å². The molecule has 3 rings (SSSR count). The molecular weight excluding hydrogens is 273 g/mol. The smallest absolute Gasteiger partial charge is 0.399 e. The number of hydrogen-bond donors (Lipinski definition) is 0. The van der Waals surface area contributed by atoms with Gasteiger partial charge in [-0.25, -0.2) is 0 Å². The van der Waals surface area contributed by atoms with Crippen molar-refractivity contribution in [2.24, 2.45) is 0 Å². The van der Waals surface area contributed by atoms with E-state index < -0.39 is 7.12 Å². The van der Waals surface area contributed by atoms with E-state index in [4.69, 9.17) is 9.31 Å². The normalized spacial score (nSPS) is 23.7. The van der Waals surface area contributed by atoms with Crippen molar-refractivity contribution in [2.75, 3.05) is 0 Å². The van der Waals surface area contributed by atoms with Gasteiger partial charge < -0.3 is 9.31 Å². The molecule has 0 atom stereocenters. The number of hydrogen-bond acceptors (Lipinski definition) is 3. The van der Waals surface area contributed by atoms with Crippen LogP contribution in [-0.2, 0) is 9.31 Å². The molecule has 0 amide bonds. The van der Waals surface area contributed by atoms with Gasteiger partial charge in [-0.2, -0.15) is 5.26 Å². The van der Waals surface area contributed by atoms with Crippen LogP contribution in [-0.4, -0.2) is 18.3 Å². The first-order chi connectivity index (χ1) is 10.3. The Balaban J connectivity index is 1.89. The second kappa shape index (κ2) is 5.40. The molecule has 1 aromatic carbocycles. The third-order valence-electron chi connectivity index (χ3n) is 5.52. The SMILES string of the molecule is CC1(C)OB(c2ccc(C3CCCC3)c(C#N)c2)OC1(C)C. The third-order valence-corrected chi connectivity index (χ3v) is 5.52. The Morgan fingerprint density at radius 2 is 1.68 bits per heavy atom.